The van der Waals surface area contributed by atoms with Crippen molar-refractivity contribution in [1.29, 1.82) is 0 Å². The minimum absolute atomic E-state index is 0.0709. The molecule has 0 fully saturated rings. The van der Waals surface area contributed by atoms with Crippen LogP contribution in [0.2, 0.25) is 0 Å². The van der Waals surface area contributed by atoms with Crippen LogP contribution in [-0.2, 0) is 19.1 Å². The van der Waals surface area contributed by atoms with E-state index in [0.29, 0.717) is 5.69 Å². The summed E-state index contributed by atoms with van der Waals surface area (Å²) in [5.74, 6) is -2.03. The topological polar surface area (TPSA) is 114 Å². The maximum Gasteiger partial charge on any atom is 0.337 e. The molecule has 1 amide bonds. The lowest BCUT2D eigenvalue weighted by molar-refractivity contribution is -0.118. The summed E-state index contributed by atoms with van der Waals surface area (Å²) in [6.07, 6.45) is 0.122. The SMILES string of the molecule is COC(=O)c1cc(NC(=O)C2=NN(c3ccccc3)C(C(C)=O)C2)cc(C(=O)OC)c1. The lowest BCUT2D eigenvalue weighted by Crippen LogP contribution is -2.33. The van der Waals surface area contributed by atoms with Gasteiger partial charge in [0, 0.05) is 12.1 Å². The van der Waals surface area contributed by atoms with Crippen LogP contribution in [0, 0.1) is 0 Å². The fourth-order valence-corrected chi connectivity index (χ4v) is 3.16. The summed E-state index contributed by atoms with van der Waals surface area (Å²) in [4.78, 5) is 48.8. The highest BCUT2D eigenvalue weighted by Crippen LogP contribution is 2.26. The van der Waals surface area contributed by atoms with Crippen LogP contribution in [0.25, 0.3) is 0 Å². The number of amides is 1. The van der Waals surface area contributed by atoms with E-state index in [1.165, 1.54) is 44.4 Å². The summed E-state index contributed by atoms with van der Waals surface area (Å²) >= 11 is 0. The van der Waals surface area contributed by atoms with Gasteiger partial charge in [0.05, 0.1) is 31.0 Å². The first-order valence-corrected chi connectivity index (χ1v) is 9.39. The predicted molar refractivity (Wildman–Crippen MR) is 113 cm³/mol. The zero-order valence-corrected chi connectivity index (χ0v) is 17.2. The molecule has 2 aromatic carbocycles. The van der Waals surface area contributed by atoms with E-state index in [4.69, 9.17) is 9.47 Å². The van der Waals surface area contributed by atoms with Crippen molar-refractivity contribution in [3.63, 3.8) is 0 Å². The van der Waals surface area contributed by atoms with Crippen LogP contribution in [0.1, 0.15) is 34.1 Å². The van der Waals surface area contributed by atoms with Crippen molar-refractivity contribution in [2.75, 3.05) is 24.5 Å². The molecule has 1 aliphatic heterocycles. The number of carbonyl (C=O) groups excluding carboxylic acids is 4. The molecule has 0 saturated carbocycles. The van der Waals surface area contributed by atoms with Gasteiger partial charge >= 0.3 is 11.9 Å². The van der Waals surface area contributed by atoms with Gasteiger partial charge in [-0.3, -0.25) is 14.6 Å². The van der Waals surface area contributed by atoms with Crippen LogP contribution in [0.4, 0.5) is 11.4 Å². The molecule has 3 rings (SSSR count). The van der Waals surface area contributed by atoms with E-state index >= 15 is 0 Å². The van der Waals surface area contributed by atoms with Gasteiger partial charge in [-0.2, -0.15) is 5.10 Å². The van der Waals surface area contributed by atoms with Crippen LogP contribution < -0.4 is 10.3 Å². The molecular formula is C22H21N3O6. The van der Waals surface area contributed by atoms with Crippen LogP contribution in [0.3, 0.4) is 0 Å². The zero-order valence-electron chi connectivity index (χ0n) is 17.2. The van der Waals surface area contributed by atoms with Gasteiger partial charge in [0.25, 0.3) is 5.91 Å². The summed E-state index contributed by atoms with van der Waals surface area (Å²) in [7, 11) is 2.41. The van der Waals surface area contributed by atoms with E-state index in [-0.39, 0.29) is 34.7 Å². The van der Waals surface area contributed by atoms with E-state index in [9.17, 15) is 19.2 Å². The Morgan fingerprint density at radius 3 is 2.06 bits per heavy atom. The summed E-state index contributed by atoms with van der Waals surface area (Å²) < 4.78 is 9.39. The fourth-order valence-electron chi connectivity index (χ4n) is 3.16. The summed E-state index contributed by atoms with van der Waals surface area (Å²) in [6.45, 7) is 1.44. The number of hydrazone groups is 1. The number of hydrogen-bond donors (Lipinski definition) is 1. The monoisotopic (exact) mass is 423 g/mol. The Kier molecular flexibility index (Phi) is 6.44. The third-order valence-corrected chi connectivity index (χ3v) is 4.70. The molecule has 0 bridgehead atoms. The highest BCUT2D eigenvalue weighted by atomic mass is 16.5. The van der Waals surface area contributed by atoms with Crippen molar-refractivity contribution in [1.82, 2.24) is 0 Å². The number of carbonyl (C=O) groups is 4. The first kappa shape index (κ1) is 21.7. The van der Waals surface area contributed by atoms with Crippen molar-refractivity contribution >= 4 is 40.7 Å². The number of ketones is 1. The minimum Gasteiger partial charge on any atom is -0.465 e. The Morgan fingerprint density at radius 1 is 0.968 bits per heavy atom. The second kappa shape index (κ2) is 9.21. The second-order valence-corrected chi connectivity index (χ2v) is 6.79. The fraction of sp³-hybridized carbons (Fsp3) is 0.227. The van der Waals surface area contributed by atoms with Gasteiger partial charge in [-0.1, -0.05) is 18.2 Å². The Labute approximate surface area is 178 Å². The van der Waals surface area contributed by atoms with Gasteiger partial charge < -0.3 is 14.8 Å². The molecule has 1 N–H and O–H groups in total. The van der Waals surface area contributed by atoms with Crippen molar-refractivity contribution in [3.05, 3.63) is 59.7 Å². The number of Topliss-reactive ketones (excluding diaryl/α,β-unsaturated/α-hetero) is 1. The number of methoxy groups -OCH3 is 2. The maximum atomic E-state index is 12.8. The first-order chi connectivity index (χ1) is 14.8. The number of rotatable bonds is 6. The van der Waals surface area contributed by atoms with Gasteiger partial charge in [-0.15, -0.1) is 0 Å². The Bertz CT molecular complexity index is 1030. The zero-order chi connectivity index (χ0) is 22.5. The molecule has 9 nitrogen and oxygen atoms in total. The highest BCUT2D eigenvalue weighted by Gasteiger charge is 2.34. The normalized spacial score (nSPS) is 15.1. The van der Waals surface area contributed by atoms with E-state index in [1.54, 1.807) is 12.1 Å². The molecule has 2 aromatic rings. The quantitative estimate of drug-likeness (QED) is 0.710. The third-order valence-electron chi connectivity index (χ3n) is 4.70. The molecule has 0 aromatic heterocycles. The van der Waals surface area contributed by atoms with Crippen molar-refractivity contribution in [3.8, 4) is 0 Å². The van der Waals surface area contributed by atoms with E-state index in [2.05, 4.69) is 10.4 Å². The smallest absolute Gasteiger partial charge is 0.337 e. The summed E-state index contributed by atoms with van der Waals surface area (Å²) in [5, 5.41) is 8.49. The van der Waals surface area contributed by atoms with Gasteiger partial charge in [0.1, 0.15) is 11.8 Å². The highest BCUT2D eigenvalue weighted by molar-refractivity contribution is 6.44. The summed E-state index contributed by atoms with van der Waals surface area (Å²) in [5.41, 5.74) is 1.16. The predicted octanol–water partition coefficient (Wildman–Crippen LogP) is 2.42. The molecule has 0 aliphatic carbocycles. The van der Waals surface area contributed by atoms with Crippen LogP contribution in [0.5, 0.6) is 0 Å². The Hall–Kier alpha value is -4.01. The molecule has 0 saturated heterocycles. The van der Waals surface area contributed by atoms with Crippen LogP contribution in [0.15, 0.2) is 53.6 Å². The average molecular weight is 423 g/mol. The number of hydrogen-bond acceptors (Lipinski definition) is 8. The first-order valence-electron chi connectivity index (χ1n) is 9.39. The molecule has 0 spiro atoms. The van der Waals surface area contributed by atoms with Gasteiger partial charge in [-0.05, 0) is 37.3 Å². The average Bonchev–Trinajstić information content (AvgIpc) is 3.24. The van der Waals surface area contributed by atoms with Crippen molar-refractivity contribution in [2.24, 2.45) is 5.10 Å². The molecule has 160 valence electrons. The van der Waals surface area contributed by atoms with Gasteiger partial charge in [0.15, 0.2) is 5.78 Å². The summed E-state index contributed by atoms with van der Waals surface area (Å²) in [6, 6.07) is 12.5. The second-order valence-electron chi connectivity index (χ2n) is 6.79. The Balaban J connectivity index is 1.89. The maximum absolute atomic E-state index is 12.8. The van der Waals surface area contributed by atoms with E-state index < -0.39 is 23.9 Å². The number of para-hydroxylation sites is 1. The molecule has 1 heterocycles. The molecule has 1 unspecified atom stereocenters. The van der Waals surface area contributed by atoms with Crippen LogP contribution >= 0.6 is 0 Å². The lowest BCUT2D eigenvalue weighted by Gasteiger charge is -2.20. The van der Waals surface area contributed by atoms with E-state index in [0.717, 1.165) is 0 Å². The number of nitrogens with zero attached hydrogens (tertiary/aromatic N) is 2. The largest absolute Gasteiger partial charge is 0.465 e. The van der Waals surface area contributed by atoms with Crippen LogP contribution in [-0.4, -0.2) is 49.6 Å². The lowest BCUT2D eigenvalue weighted by atomic mass is 10.1. The number of nitrogens with one attached hydrogen (secondary N) is 1. The number of benzene rings is 2. The molecular weight excluding hydrogens is 402 g/mol. The number of ether oxygens (including phenoxy) is 2. The van der Waals surface area contributed by atoms with Crippen molar-refractivity contribution < 1.29 is 28.7 Å². The standard InChI is InChI=1S/C22H21N3O6/c1-13(26)19-12-18(24-25(19)17-7-5-4-6-8-17)20(27)23-16-10-14(21(28)30-2)9-15(11-16)22(29)31-3/h4-11,19H,12H2,1-3H3,(H,23,27). The molecule has 1 aliphatic rings. The molecule has 0 radical (unpaired) electrons. The van der Waals surface area contributed by atoms with E-state index in [1.807, 2.05) is 18.2 Å². The molecule has 31 heavy (non-hydrogen) atoms. The molecule has 1 atom stereocenters. The molecule has 9 heteroatoms. The number of esters is 2. The van der Waals surface area contributed by atoms with Gasteiger partial charge in [-0.25, -0.2) is 9.59 Å². The minimum atomic E-state index is -0.675. The Morgan fingerprint density at radius 2 is 1.55 bits per heavy atom. The van der Waals surface area contributed by atoms with Gasteiger partial charge in [0.2, 0.25) is 0 Å². The number of anilines is 2. The van der Waals surface area contributed by atoms with Crippen molar-refractivity contribution in [2.45, 2.75) is 19.4 Å². The third kappa shape index (κ3) is 4.77.